The van der Waals surface area contributed by atoms with E-state index in [0.717, 1.165) is 42.8 Å². The largest absolute Gasteiger partial charge is 0.338 e. The third-order valence-corrected chi connectivity index (χ3v) is 5.06. The maximum Gasteiger partial charge on any atom is 0.254 e. The molecule has 1 fully saturated rings. The van der Waals surface area contributed by atoms with Crippen LogP contribution < -0.4 is 0 Å². The van der Waals surface area contributed by atoms with Crippen LogP contribution in [0.4, 0.5) is 0 Å². The molecule has 0 spiro atoms. The number of nitrogens with zero attached hydrogens (tertiary/aromatic N) is 5. The van der Waals surface area contributed by atoms with Gasteiger partial charge in [-0.3, -0.25) is 9.78 Å². The molecule has 0 aliphatic carbocycles. The summed E-state index contributed by atoms with van der Waals surface area (Å²) in [6.07, 6.45) is 7.28. The number of thiophene rings is 1. The van der Waals surface area contributed by atoms with Crippen molar-refractivity contribution in [1.29, 1.82) is 0 Å². The van der Waals surface area contributed by atoms with Crippen LogP contribution in [0.1, 0.15) is 29.2 Å². The fourth-order valence-corrected chi connectivity index (χ4v) is 3.64. The fourth-order valence-electron chi connectivity index (χ4n) is 3.01. The van der Waals surface area contributed by atoms with Crippen molar-refractivity contribution >= 4 is 17.2 Å². The Balaban J connectivity index is 1.41. The third-order valence-electron chi connectivity index (χ3n) is 4.38. The van der Waals surface area contributed by atoms with E-state index in [1.807, 2.05) is 44.7 Å². The molecule has 0 atom stereocenters. The van der Waals surface area contributed by atoms with Crippen molar-refractivity contribution in [1.82, 2.24) is 24.9 Å². The molecular formula is C17H17N5OS. The Morgan fingerprint density at radius 2 is 1.96 bits per heavy atom. The lowest BCUT2D eigenvalue weighted by atomic mass is 10.0. The molecule has 0 bridgehead atoms. The van der Waals surface area contributed by atoms with Gasteiger partial charge in [0.2, 0.25) is 0 Å². The average molecular weight is 339 g/mol. The van der Waals surface area contributed by atoms with Gasteiger partial charge in [-0.05, 0) is 36.4 Å². The Labute approximate surface area is 143 Å². The highest BCUT2D eigenvalue weighted by atomic mass is 32.1. The number of hydrogen-bond donors (Lipinski definition) is 0. The van der Waals surface area contributed by atoms with Crippen LogP contribution in [-0.4, -0.2) is 43.9 Å². The first-order valence-electron chi connectivity index (χ1n) is 7.95. The van der Waals surface area contributed by atoms with Crippen molar-refractivity contribution in [2.75, 3.05) is 13.1 Å². The fraction of sp³-hybridized carbons (Fsp3) is 0.294. The molecule has 1 aliphatic heterocycles. The van der Waals surface area contributed by atoms with Crippen molar-refractivity contribution in [2.45, 2.75) is 18.9 Å². The second-order valence-electron chi connectivity index (χ2n) is 5.86. The van der Waals surface area contributed by atoms with Crippen LogP contribution in [0.25, 0.3) is 11.3 Å². The zero-order valence-corrected chi connectivity index (χ0v) is 13.9. The Morgan fingerprint density at radius 3 is 2.67 bits per heavy atom. The van der Waals surface area contributed by atoms with E-state index < -0.39 is 0 Å². The van der Waals surface area contributed by atoms with Crippen molar-refractivity contribution in [2.24, 2.45) is 0 Å². The Morgan fingerprint density at radius 1 is 1.17 bits per heavy atom. The molecule has 0 N–H and O–H groups in total. The number of amides is 1. The summed E-state index contributed by atoms with van der Waals surface area (Å²) in [4.78, 5) is 18.3. The van der Waals surface area contributed by atoms with Crippen LogP contribution in [0.15, 0.2) is 47.5 Å². The molecule has 7 heteroatoms. The lowest BCUT2D eigenvalue weighted by molar-refractivity contribution is 0.0690. The molecule has 4 rings (SSSR count). The number of piperidine rings is 1. The van der Waals surface area contributed by atoms with Crippen molar-refractivity contribution in [3.8, 4) is 11.3 Å². The van der Waals surface area contributed by atoms with Crippen LogP contribution in [0.5, 0.6) is 0 Å². The molecule has 122 valence electrons. The summed E-state index contributed by atoms with van der Waals surface area (Å²) in [5.41, 5.74) is 2.66. The van der Waals surface area contributed by atoms with Crippen LogP contribution in [-0.2, 0) is 0 Å². The number of aromatic nitrogens is 4. The minimum absolute atomic E-state index is 0.130. The summed E-state index contributed by atoms with van der Waals surface area (Å²) in [6.45, 7) is 1.51. The van der Waals surface area contributed by atoms with Crippen LogP contribution >= 0.6 is 11.3 Å². The summed E-state index contributed by atoms with van der Waals surface area (Å²) < 4.78 is 1.93. The number of likely N-dealkylation sites (tertiary alicyclic amines) is 1. The molecule has 1 aliphatic rings. The van der Waals surface area contributed by atoms with E-state index in [9.17, 15) is 4.79 Å². The van der Waals surface area contributed by atoms with Crippen molar-refractivity contribution in [3.63, 3.8) is 0 Å². The molecule has 1 amide bonds. The van der Waals surface area contributed by atoms with Crippen LogP contribution in [0, 0.1) is 0 Å². The second kappa shape index (κ2) is 6.52. The van der Waals surface area contributed by atoms with Gasteiger partial charge < -0.3 is 4.90 Å². The summed E-state index contributed by atoms with van der Waals surface area (Å²) in [6, 6.07) is 6.03. The van der Waals surface area contributed by atoms with Crippen LogP contribution in [0.2, 0.25) is 0 Å². The Bertz CT molecular complexity index is 807. The molecule has 24 heavy (non-hydrogen) atoms. The third kappa shape index (κ3) is 2.94. The lowest BCUT2D eigenvalue weighted by Gasteiger charge is -2.31. The van der Waals surface area contributed by atoms with Crippen LogP contribution in [0.3, 0.4) is 0 Å². The molecule has 3 aromatic rings. The number of carbonyl (C=O) groups excluding carboxylic acids is 1. The minimum Gasteiger partial charge on any atom is -0.338 e. The highest BCUT2D eigenvalue weighted by molar-refractivity contribution is 7.08. The first-order chi connectivity index (χ1) is 11.8. The average Bonchev–Trinajstić information content (AvgIpc) is 3.34. The highest BCUT2D eigenvalue weighted by Crippen LogP contribution is 2.25. The van der Waals surface area contributed by atoms with E-state index in [-0.39, 0.29) is 5.91 Å². The van der Waals surface area contributed by atoms with Gasteiger partial charge in [-0.1, -0.05) is 5.21 Å². The summed E-state index contributed by atoms with van der Waals surface area (Å²) in [7, 11) is 0. The SMILES string of the molecule is O=C(c1ccsc1)N1CCC(n2cc(-c3ccncc3)nn2)CC1. The van der Waals surface area contributed by atoms with Gasteiger partial charge in [0.1, 0.15) is 5.69 Å². The van der Waals surface area contributed by atoms with Crippen molar-refractivity contribution < 1.29 is 4.79 Å². The predicted octanol–water partition coefficient (Wildman–Crippen LogP) is 2.88. The Kier molecular flexibility index (Phi) is 4.08. The van der Waals surface area contributed by atoms with E-state index in [4.69, 9.17) is 0 Å². The molecular weight excluding hydrogens is 322 g/mol. The van der Waals surface area contributed by atoms with E-state index in [1.54, 1.807) is 23.7 Å². The summed E-state index contributed by atoms with van der Waals surface area (Å²) in [5.74, 6) is 0.130. The zero-order chi connectivity index (χ0) is 16.4. The van der Waals surface area contributed by atoms with Gasteiger partial charge in [0.05, 0.1) is 17.8 Å². The smallest absolute Gasteiger partial charge is 0.254 e. The van der Waals surface area contributed by atoms with E-state index in [2.05, 4.69) is 15.3 Å². The summed E-state index contributed by atoms with van der Waals surface area (Å²) >= 11 is 1.56. The molecule has 0 saturated carbocycles. The zero-order valence-electron chi connectivity index (χ0n) is 13.1. The van der Waals surface area contributed by atoms with Gasteiger partial charge in [0, 0.05) is 36.4 Å². The molecule has 4 heterocycles. The van der Waals surface area contributed by atoms with Gasteiger partial charge in [-0.2, -0.15) is 11.3 Å². The monoisotopic (exact) mass is 339 g/mol. The number of hydrogen-bond acceptors (Lipinski definition) is 5. The van der Waals surface area contributed by atoms with Gasteiger partial charge in [0.25, 0.3) is 5.91 Å². The maximum absolute atomic E-state index is 12.4. The molecule has 1 saturated heterocycles. The second-order valence-corrected chi connectivity index (χ2v) is 6.64. The quantitative estimate of drug-likeness (QED) is 0.736. The van der Waals surface area contributed by atoms with E-state index >= 15 is 0 Å². The number of rotatable bonds is 3. The van der Waals surface area contributed by atoms with Gasteiger partial charge in [0.15, 0.2) is 0 Å². The molecule has 3 aromatic heterocycles. The maximum atomic E-state index is 12.4. The summed E-state index contributed by atoms with van der Waals surface area (Å²) in [5, 5.41) is 12.4. The van der Waals surface area contributed by atoms with E-state index in [1.165, 1.54) is 0 Å². The molecule has 0 unspecified atom stereocenters. The predicted molar refractivity (Wildman–Crippen MR) is 91.7 cm³/mol. The standard InChI is InChI=1S/C17H17N5OS/c23-17(14-5-10-24-12-14)21-8-3-15(4-9-21)22-11-16(19-20-22)13-1-6-18-7-2-13/h1-2,5-7,10-12,15H,3-4,8-9H2. The van der Waals surface area contributed by atoms with Gasteiger partial charge in [-0.15, -0.1) is 5.10 Å². The first kappa shape index (κ1) is 15.0. The number of carbonyl (C=O) groups is 1. The Hall–Kier alpha value is -2.54. The minimum atomic E-state index is 0.130. The molecule has 6 nitrogen and oxygen atoms in total. The molecule has 0 aromatic carbocycles. The first-order valence-corrected chi connectivity index (χ1v) is 8.89. The van der Waals surface area contributed by atoms with E-state index in [0.29, 0.717) is 6.04 Å². The topological polar surface area (TPSA) is 63.9 Å². The van der Waals surface area contributed by atoms with Gasteiger partial charge in [-0.25, -0.2) is 4.68 Å². The highest BCUT2D eigenvalue weighted by Gasteiger charge is 2.25. The van der Waals surface area contributed by atoms with Crippen molar-refractivity contribution in [3.05, 3.63) is 53.1 Å². The normalized spacial score (nSPS) is 15.6. The lowest BCUT2D eigenvalue weighted by Crippen LogP contribution is -2.39. The van der Waals surface area contributed by atoms with Gasteiger partial charge >= 0.3 is 0 Å². The number of pyridine rings is 1. The molecule has 0 radical (unpaired) electrons.